The highest BCUT2D eigenvalue weighted by atomic mass is 32.2. The minimum atomic E-state index is -3.53. The minimum absolute atomic E-state index is 0.117. The summed E-state index contributed by atoms with van der Waals surface area (Å²) >= 11 is 0. The van der Waals surface area contributed by atoms with Crippen LogP contribution in [-0.2, 0) is 19.9 Å². The number of hydrogen-bond donors (Lipinski definition) is 0. The van der Waals surface area contributed by atoms with Gasteiger partial charge in [0.25, 0.3) is 5.91 Å². The van der Waals surface area contributed by atoms with E-state index in [9.17, 15) is 21.6 Å². The lowest BCUT2D eigenvalue weighted by molar-refractivity contribution is 0.0516. The van der Waals surface area contributed by atoms with Crippen LogP contribution >= 0.6 is 0 Å². The van der Waals surface area contributed by atoms with Crippen LogP contribution in [0.1, 0.15) is 21.5 Å². The van der Waals surface area contributed by atoms with Gasteiger partial charge in [0.1, 0.15) is 0 Å². The number of fused-ring (bicyclic) bond motifs is 1. The van der Waals surface area contributed by atoms with Crippen molar-refractivity contribution in [1.82, 2.24) is 9.21 Å². The van der Waals surface area contributed by atoms with Crippen molar-refractivity contribution in [2.45, 2.75) is 25.9 Å². The summed E-state index contributed by atoms with van der Waals surface area (Å²) in [6.45, 7) is 4.09. The van der Waals surface area contributed by atoms with Crippen LogP contribution in [0.4, 0.5) is 0 Å². The van der Waals surface area contributed by atoms with Crippen molar-refractivity contribution < 1.29 is 21.6 Å². The summed E-state index contributed by atoms with van der Waals surface area (Å²) in [6, 6.07) is 4.15. The Kier molecular flexibility index (Phi) is 4.45. The predicted octanol–water partition coefficient (Wildman–Crippen LogP) is 0.186. The molecule has 3 rings (SSSR count). The molecular weight excluding hydrogens is 364 g/mol. The molecule has 2 atom stereocenters. The standard InChI is InChI=1S/C16H22N2O5S2/c1-11-4-5-13(12(2)8-11)16(19)17-6-7-18(24(3,20)21)15-10-25(22,23)9-14(15)17/h4-5,8,14-15H,6-7,9-10H2,1-3H3/t14-,15+/m0/s1. The molecule has 25 heavy (non-hydrogen) atoms. The molecule has 2 saturated heterocycles. The molecule has 1 aromatic carbocycles. The van der Waals surface area contributed by atoms with Gasteiger partial charge in [0.15, 0.2) is 9.84 Å². The number of benzene rings is 1. The Balaban J connectivity index is 1.97. The molecule has 0 aliphatic carbocycles. The van der Waals surface area contributed by atoms with Crippen molar-refractivity contribution in [1.29, 1.82) is 0 Å². The molecule has 0 radical (unpaired) electrons. The van der Waals surface area contributed by atoms with Gasteiger partial charge in [-0.25, -0.2) is 16.8 Å². The average Bonchev–Trinajstić information content (AvgIpc) is 2.78. The van der Waals surface area contributed by atoms with E-state index in [2.05, 4.69) is 0 Å². The van der Waals surface area contributed by atoms with Crippen molar-refractivity contribution in [2.75, 3.05) is 30.9 Å². The second kappa shape index (κ2) is 6.07. The molecule has 0 unspecified atom stereocenters. The number of carbonyl (C=O) groups is 1. The van der Waals surface area contributed by atoms with E-state index in [-0.39, 0.29) is 30.5 Å². The normalized spacial score (nSPS) is 26.4. The second-order valence-corrected chi connectivity index (χ2v) is 11.0. The number of piperazine rings is 1. The van der Waals surface area contributed by atoms with Gasteiger partial charge in [0.05, 0.1) is 29.8 Å². The quantitative estimate of drug-likeness (QED) is 0.723. The van der Waals surface area contributed by atoms with Crippen LogP contribution in [0.15, 0.2) is 18.2 Å². The third-order valence-electron chi connectivity index (χ3n) is 4.92. The number of sulfonamides is 1. The number of rotatable bonds is 2. The van der Waals surface area contributed by atoms with Crippen LogP contribution in [0.3, 0.4) is 0 Å². The first kappa shape index (κ1) is 18.3. The maximum absolute atomic E-state index is 13.0. The van der Waals surface area contributed by atoms with Gasteiger partial charge in [-0.15, -0.1) is 0 Å². The lowest BCUT2D eigenvalue weighted by atomic mass is 10.0. The molecule has 0 saturated carbocycles. The highest BCUT2D eigenvalue weighted by molar-refractivity contribution is 7.92. The van der Waals surface area contributed by atoms with Crippen molar-refractivity contribution in [3.63, 3.8) is 0 Å². The lowest BCUT2D eigenvalue weighted by Gasteiger charge is -2.42. The highest BCUT2D eigenvalue weighted by Gasteiger charge is 2.50. The molecular formula is C16H22N2O5S2. The maximum atomic E-state index is 13.0. The van der Waals surface area contributed by atoms with E-state index in [1.54, 1.807) is 6.07 Å². The fourth-order valence-electron chi connectivity index (χ4n) is 3.79. The summed E-state index contributed by atoms with van der Waals surface area (Å²) in [4.78, 5) is 14.5. The van der Waals surface area contributed by atoms with Crippen molar-refractivity contribution in [3.8, 4) is 0 Å². The Labute approximate surface area is 148 Å². The molecule has 1 amide bonds. The largest absolute Gasteiger partial charge is 0.332 e. The third-order valence-corrected chi connectivity index (χ3v) is 7.93. The zero-order chi connectivity index (χ0) is 18.6. The molecule has 0 aromatic heterocycles. The zero-order valence-corrected chi connectivity index (χ0v) is 16.1. The summed E-state index contributed by atoms with van der Waals surface area (Å²) in [5.41, 5.74) is 2.40. The Hall–Kier alpha value is -1.45. The smallest absolute Gasteiger partial charge is 0.254 e. The van der Waals surface area contributed by atoms with Gasteiger partial charge in [-0.3, -0.25) is 4.79 Å². The number of carbonyl (C=O) groups excluding carboxylic acids is 1. The van der Waals surface area contributed by atoms with E-state index < -0.39 is 31.9 Å². The molecule has 0 N–H and O–H groups in total. The summed E-state index contributed by atoms with van der Waals surface area (Å²) < 4.78 is 49.5. The molecule has 1 aromatic rings. The van der Waals surface area contributed by atoms with E-state index in [4.69, 9.17) is 0 Å². The Morgan fingerprint density at radius 1 is 1.12 bits per heavy atom. The number of aryl methyl sites for hydroxylation is 2. The zero-order valence-electron chi connectivity index (χ0n) is 14.5. The highest BCUT2D eigenvalue weighted by Crippen LogP contribution is 2.30. The molecule has 9 heteroatoms. The van der Waals surface area contributed by atoms with Gasteiger partial charge in [-0.2, -0.15) is 4.31 Å². The first-order valence-corrected chi connectivity index (χ1v) is 11.7. The van der Waals surface area contributed by atoms with Crippen LogP contribution in [0.25, 0.3) is 0 Å². The van der Waals surface area contributed by atoms with Crippen molar-refractivity contribution in [3.05, 3.63) is 34.9 Å². The van der Waals surface area contributed by atoms with E-state index in [1.165, 1.54) is 9.21 Å². The first-order valence-electron chi connectivity index (χ1n) is 8.05. The van der Waals surface area contributed by atoms with Crippen LogP contribution < -0.4 is 0 Å². The molecule has 2 fully saturated rings. The molecule has 2 heterocycles. The van der Waals surface area contributed by atoms with Gasteiger partial charge in [0, 0.05) is 18.7 Å². The van der Waals surface area contributed by atoms with Crippen molar-refractivity contribution >= 4 is 25.8 Å². The lowest BCUT2D eigenvalue weighted by Crippen LogP contribution is -2.61. The van der Waals surface area contributed by atoms with E-state index in [0.717, 1.165) is 17.4 Å². The third kappa shape index (κ3) is 3.45. The number of amides is 1. The molecule has 7 nitrogen and oxygen atoms in total. The summed E-state index contributed by atoms with van der Waals surface area (Å²) in [5.74, 6) is -0.667. The number of nitrogens with zero attached hydrogens (tertiary/aromatic N) is 2. The maximum Gasteiger partial charge on any atom is 0.254 e. The summed E-state index contributed by atoms with van der Waals surface area (Å²) in [5, 5.41) is 0. The minimum Gasteiger partial charge on any atom is -0.332 e. The molecule has 0 bridgehead atoms. The van der Waals surface area contributed by atoms with Gasteiger partial charge in [-0.1, -0.05) is 17.7 Å². The predicted molar refractivity (Wildman–Crippen MR) is 94.7 cm³/mol. The van der Waals surface area contributed by atoms with Crippen LogP contribution in [0.5, 0.6) is 0 Å². The Bertz CT molecular complexity index is 924. The second-order valence-electron chi connectivity index (χ2n) is 6.90. The van der Waals surface area contributed by atoms with Gasteiger partial charge < -0.3 is 4.90 Å². The molecule has 138 valence electrons. The molecule has 0 spiro atoms. The fourth-order valence-corrected chi connectivity index (χ4v) is 6.99. The Morgan fingerprint density at radius 3 is 2.36 bits per heavy atom. The summed E-state index contributed by atoms with van der Waals surface area (Å²) in [6.07, 6.45) is 1.08. The summed E-state index contributed by atoms with van der Waals surface area (Å²) in [7, 11) is -6.91. The Morgan fingerprint density at radius 2 is 1.76 bits per heavy atom. The van der Waals surface area contributed by atoms with Gasteiger partial charge >= 0.3 is 0 Å². The van der Waals surface area contributed by atoms with Crippen LogP contribution in [-0.4, -0.2) is 74.9 Å². The number of sulfone groups is 1. The number of hydrogen-bond acceptors (Lipinski definition) is 5. The molecule has 2 aliphatic rings. The monoisotopic (exact) mass is 386 g/mol. The van der Waals surface area contributed by atoms with E-state index >= 15 is 0 Å². The average molecular weight is 386 g/mol. The first-order chi connectivity index (χ1) is 11.5. The van der Waals surface area contributed by atoms with E-state index in [1.807, 2.05) is 26.0 Å². The fraction of sp³-hybridized carbons (Fsp3) is 0.562. The SMILES string of the molecule is Cc1ccc(C(=O)N2CCN(S(C)(=O)=O)[C@@H]3CS(=O)(=O)C[C@@H]32)c(C)c1. The van der Waals surface area contributed by atoms with Crippen LogP contribution in [0, 0.1) is 13.8 Å². The molecule has 2 aliphatic heterocycles. The topological polar surface area (TPSA) is 91.8 Å². The van der Waals surface area contributed by atoms with E-state index in [0.29, 0.717) is 5.56 Å². The van der Waals surface area contributed by atoms with Gasteiger partial charge in [-0.05, 0) is 25.5 Å². The van der Waals surface area contributed by atoms with Crippen LogP contribution in [0.2, 0.25) is 0 Å². The van der Waals surface area contributed by atoms with Crippen molar-refractivity contribution in [2.24, 2.45) is 0 Å². The van der Waals surface area contributed by atoms with Gasteiger partial charge in [0.2, 0.25) is 10.0 Å².